The van der Waals surface area contributed by atoms with Gasteiger partial charge in [0.1, 0.15) is 0 Å². The third kappa shape index (κ3) is 4.35. The van der Waals surface area contributed by atoms with E-state index in [1.54, 1.807) is 18.2 Å². The van der Waals surface area contributed by atoms with E-state index in [0.29, 0.717) is 22.3 Å². The zero-order chi connectivity index (χ0) is 14.5. The van der Waals surface area contributed by atoms with Crippen molar-refractivity contribution in [1.82, 2.24) is 9.80 Å². The highest BCUT2D eigenvalue weighted by atomic mass is 35.5. The molecule has 2 rings (SSSR count). The average Bonchev–Trinajstić information content (AvgIpc) is 2.44. The maximum atomic E-state index is 12.0. The largest absolute Gasteiger partial charge is 0.325 e. The number of carbonyl (C=O) groups is 1. The number of piperazine rings is 1. The molecule has 6 heteroatoms. The molecule has 1 fully saturated rings. The summed E-state index contributed by atoms with van der Waals surface area (Å²) in [5.41, 5.74) is 0.677. The fourth-order valence-electron chi connectivity index (χ4n) is 2.24. The number of hydrogen-bond acceptors (Lipinski definition) is 3. The van der Waals surface area contributed by atoms with Gasteiger partial charge in [-0.3, -0.25) is 9.69 Å². The van der Waals surface area contributed by atoms with Crippen LogP contribution in [0.1, 0.15) is 6.92 Å². The van der Waals surface area contributed by atoms with E-state index in [4.69, 9.17) is 23.2 Å². The standard InChI is InChI=1S/C14H19Cl2N3O/c1-2-18-5-7-19(8-6-18)10-14(20)17-11-3-4-12(15)13(16)9-11/h3-4,9H,2,5-8,10H2,1H3,(H,17,20). The van der Waals surface area contributed by atoms with Crippen molar-refractivity contribution in [3.05, 3.63) is 28.2 Å². The maximum absolute atomic E-state index is 12.0. The van der Waals surface area contributed by atoms with Gasteiger partial charge in [0.05, 0.1) is 16.6 Å². The Labute approximate surface area is 129 Å². The predicted molar refractivity (Wildman–Crippen MR) is 83.6 cm³/mol. The van der Waals surface area contributed by atoms with Crippen LogP contribution in [0.25, 0.3) is 0 Å². The number of likely N-dealkylation sites (N-methyl/N-ethyl adjacent to an activating group) is 1. The minimum Gasteiger partial charge on any atom is -0.325 e. The smallest absolute Gasteiger partial charge is 0.238 e. The molecule has 110 valence electrons. The number of nitrogens with zero attached hydrogens (tertiary/aromatic N) is 2. The molecule has 0 radical (unpaired) electrons. The van der Waals surface area contributed by atoms with Gasteiger partial charge in [-0.2, -0.15) is 0 Å². The number of nitrogens with one attached hydrogen (secondary N) is 1. The van der Waals surface area contributed by atoms with Crippen LogP contribution in [0.3, 0.4) is 0 Å². The van der Waals surface area contributed by atoms with Crippen molar-refractivity contribution < 1.29 is 4.79 Å². The summed E-state index contributed by atoms with van der Waals surface area (Å²) >= 11 is 11.8. The zero-order valence-electron chi connectivity index (χ0n) is 11.5. The number of rotatable bonds is 4. The summed E-state index contributed by atoms with van der Waals surface area (Å²) in [5, 5.41) is 3.78. The van der Waals surface area contributed by atoms with Crippen molar-refractivity contribution in [2.24, 2.45) is 0 Å². The van der Waals surface area contributed by atoms with Crippen LogP contribution in [0.5, 0.6) is 0 Å². The van der Waals surface area contributed by atoms with Gasteiger partial charge in [-0.1, -0.05) is 30.1 Å². The Kier molecular flexibility index (Phi) is 5.66. The lowest BCUT2D eigenvalue weighted by Crippen LogP contribution is -2.48. The summed E-state index contributed by atoms with van der Waals surface area (Å²) in [6, 6.07) is 5.09. The number of halogens is 2. The minimum atomic E-state index is -0.0201. The van der Waals surface area contributed by atoms with Gasteiger partial charge in [0.25, 0.3) is 0 Å². The van der Waals surface area contributed by atoms with E-state index in [-0.39, 0.29) is 5.91 Å². The van der Waals surface area contributed by atoms with Crippen LogP contribution >= 0.6 is 23.2 Å². The van der Waals surface area contributed by atoms with Gasteiger partial charge in [0.2, 0.25) is 5.91 Å². The molecule has 1 N–H and O–H groups in total. The van der Waals surface area contributed by atoms with Gasteiger partial charge in [-0.15, -0.1) is 0 Å². The molecule has 4 nitrogen and oxygen atoms in total. The Balaban J connectivity index is 1.82. The number of hydrogen-bond donors (Lipinski definition) is 1. The highest BCUT2D eigenvalue weighted by Crippen LogP contribution is 2.24. The summed E-state index contributed by atoms with van der Waals surface area (Å²) < 4.78 is 0. The summed E-state index contributed by atoms with van der Waals surface area (Å²) in [7, 11) is 0. The van der Waals surface area contributed by atoms with Crippen molar-refractivity contribution in [3.63, 3.8) is 0 Å². The molecule has 0 spiro atoms. The fourth-order valence-corrected chi connectivity index (χ4v) is 2.54. The van der Waals surface area contributed by atoms with E-state index in [9.17, 15) is 4.79 Å². The summed E-state index contributed by atoms with van der Waals surface area (Å²) in [6.45, 7) is 7.56. The van der Waals surface area contributed by atoms with Crippen LogP contribution in [0.4, 0.5) is 5.69 Å². The van der Waals surface area contributed by atoms with Gasteiger partial charge in [0, 0.05) is 31.9 Å². The average molecular weight is 316 g/mol. The van der Waals surface area contributed by atoms with E-state index in [1.165, 1.54) is 0 Å². The van der Waals surface area contributed by atoms with Crippen LogP contribution in [-0.2, 0) is 4.79 Å². The first-order valence-corrected chi connectivity index (χ1v) is 7.53. The topological polar surface area (TPSA) is 35.6 Å². The van der Waals surface area contributed by atoms with Gasteiger partial charge in [-0.25, -0.2) is 0 Å². The fraction of sp³-hybridized carbons (Fsp3) is 0.500. The molecule has 1 amide bonds. The molecular formula is C14H19Cl2N3O. The lowest BCUT2D eigenvalue weighted by atomic mass is 10.3. The predicted octanol–water partition coefficient (Wildman–Crippen LogP) is 2.57. The summed E-state index contributed by atoms with van der Waals surface area (Å²) in [4.78, 5) is 16.5. The third-order valence-corrected chi connectivity index (χ3v) is 4.22. The van der Waals surface area contributed by atoms with E-state index in [2.05, 4.69) is 22.0 Å². The second-order valence-corrected chi connectivity index (χ2v) is 5.70. The molecule has 0 saturated carbocycles. The minimum absolute atomic E-state index is 0.0201. The Morgan fingerprint density at radius 2 is 1.80 bits per heavy atom. The SMILES string of the molecule is CCN1CCN(CC(=O)Nc2ccc(Cl)c(Cl)c2)CC1. The van der Waals surface area contributed by atoms with Crippen LogP contribution in [0.2, 0.25) is 10.0 Å². The molecule has 1 aliphatic rings. The second-order valence-electron chi connectivity index (χ2n) is 4.89. The van der Waals surface area contributed by atoms with Crippen molar-refractivity contribution in [2.75, 3.05) is 44.6 Å². The Bertz CT molecular complexity index is 473. The summed E-state index contributed by atoms with van der Waals surface area (Å²) in [6.07, 6.45) is 0. The van der Waals surface area contributed by atoms with Gasteiger partial charge in [-0.05, 0) is 24.7 Å². The quantitative estimate of drug-likeness (QED) is 0.927. The lowest BCUT2D eigenvalue weighted by Gasteiger charge is -2.33. The second kappa shape index (κ2) is 7.27. The van der Waals surface area contributed by atoms with Gasteiger partial charge in [0.15, 0.2) is 0 Å². The first kappa shape index (κ1) is 15.6. The van der Waals surface area contributed by atoms with Crippen molar-refractivity contribution in [3.8, 4) is 0 Å². The Morgan fingerprint density at radius 1 is 1.15 bits per heavy atom. The van der Waals surface area contributed by atoms with Crippen molar-refractivity contribution in [2.45, 2.75) is 6.92 Å². The van der Waals surface area contributed by atoms with E-state index < -0.39 is 0 Å². The molecule has 0 atom stereocenters. The number of amides is 1. The van der Waals surface area contributed by atoms with Crippen LogP contribution in [0, 0.1) is 0 Å². The molecule has 1 aliphatic heterocycles. The number of anilines is 1. The molecule has 20 heavy (non-hydrogen) atoms. The highest BCUT2D eigenvalue weighted by molar-refractivity contribution is 6.42. The first-order chi connectivity index (χ1) is 9.58. The molecule has 1 aromatic rings. The van der Waals surface area contributed by atoms with E-state index in [1.807, 2.05) is 0 Å². The molecule has 1 aromatic carbocycles. The van der Waals surface area contributed by atoms with Crippen molar-refractivity contribution >= 4 is 34.8 Å². The molecular weight excluding hydrogens is 297 g/mol. The zero-order valence-corrected chi connectivity index (χ0v) is 13.0. The lowest BCUT2D eigenvalue weighted by molar-refractivity contribution is -0.117. The molecule has 1 saturated heterocycles. The van der Waals surface area contributed by atoms with Gasteiger partial charge < -0.3 is 10.2 Å². The summed E-state index contributed by atoms with van der Waals surface area (Å²) in [5.74, 6) is -0.0201. The number of benzene rings is 1. The first-order valence-electron chi connectivity index (χ1n) is 6.78. The molecule has 0 unspecified atom stereocenters. The third-order valence-electron chi connectivity index (χ3n) is 3.48. The van der Waals surface area contributed by atoms with Crippen LogP contribution < -0.4 is 5.32 Å². The van der Waals surface area contributed by atoms with E-state index >= 15 is 0 Å². The molecule has 0 bridgehead atoms. The maximum Gasteiger partial charge on any atom is 0.238 e. The van der Waals surface area contributed by atoms with E-state index in [0.717, 1.165) is 32.7 Å². The Morgan fingerprint density at radius 3 is 2.40 bits per heavy atom. The molecule has 0 aromatic heterocycles. The molecule has 0 aliphatic carbocycles. The normalized spacial score (nSPS) is 17.1. The Hall–Kier alpha value is -0.810. The molecule has 1 heterocycles. The number of carbonyl (C=O) groups excluding carboxylic acids is 1. The highest BCUT2D eigenvalue weighted by Gasteiger charge is 2.17. The van der Waals surface area contributed by atoms with Gasteiger partial charge >= 0.3 is 0 Å². The monoisotopic (exact) mass is 315 g/mol. The van der Waals surface area contributed by atoms with Crippen LogP contribution in [0.15, 0.2) is 18.2 Å². The van der Waals surface area contributed by atoms with Crippen molar-refractivity contribution in [1.29, 1.82) is 0 Å². The van der Waals surface area contributed by atoms with Crippen LogP contribution in [-0.4, -0.2) is 55.0 Å².